The molecule has 0 radical (unpaired) electrons. The van der Waals surface area contributed by atoms with Crippen LogP contribution in [0.15, 0.2) is 32.2 Å². The van der Waals surface area contributed by atoms with Crippen molar-refractivity contribution in [3.8, 4) is 5.75 Å². The van der Waals surface area contributed by atoms with Crippen molar-refractivity contribution in [1.29, 1.82) is 0 Å². The number of fused-ring (bicyclic) bond motifs is 1. The van der Waals surface area contributed by atoms with E-state index in [-0.39, 0.29) is 45.7 Å². The van der Waals surface area contributed by atoms with Crippen LogP contribution in [0.1, 0.15) is 40.2 Å². The highest BCUT2D eigenvalue weighted by Crippen LogP contribution is 2.56. The van der Waals surface area contributed by atoms with Crippen LogP contribution in [0, 0.1) is 0 Å². The van der Waals surface area contributed by atoms with Gasteiger partial charge in [-0.25, -0.2) is 9.59 Å². The van der Waals surface area contributed by atoms with Gasteiger partial charge in [-0.05, 0) is 52.8 Å². The number of halogens is 3. The smallest absolute Gasteiger partial charge is 0.471 e. The lowest BCUT2D eigenvalue weighted by Crippen LogP contribution is -2.59. The molecule has 37 heavy (non-hydrogen) atoms. The van der Waals surface area contributed by atoms with E-state index in [1.165, 1.54) is 32.0 Å². The summed E-state index contributed by atoms with van der Waals surface area (Å²) in [6.07, 6.45) is -5.15. The lowest BCUT2D eigenvalue weighted by Gasteiger charge is -2.45. The lowest BCUT2D eigenvalue weighted by molar-refractivity contribution is -0.171. The third-order valence-corrected chi connectivity index (χ3v) is 8.56. The number of hydrogen-bond acceptors (Lipinski definition) is 9. The predicted molar refractivity (Wildman–Crippen MR) is 140 cm³/mol. The van der Waals surface area contributed by atoms with E-state index in [2.05, 4.69) is 0 Å². The monoisotopic (exact) mass is 575 g/mol. The summed E-state index contributed by atoms with van der Waals surface area (Å²) >= 11 is 7.52. The standard InChI is InChI=1S/C24H24F3NO6S3/c1-6-32-12-9-10-14-13(11-12)15(18(35)23(4,5)28(14)22(31)24(25,26)27)21-36-16(19(29)33-7-2)17(37-21)20(30)34-8-3/h9-11H,6-8H2,1-5H3. The summed E-state index contributed by atoms with van der Waals surface area (Å²) in [6, 6.07) is 4.32. The molecule has 0 unspecified atom stereocenters. The van der Waals surface area contributed by atoms with Crippen LogP contribution in [-0.2, 0) is 23.9 Å². The average Bonchev–Trinajstić information content (AvgIpc) is 3.25. The number of carbonyl (C=O) groups is 3. The predicted octanol–water partition coefficient (Wildman–Crippen LogP) is 5.63. The SMILES string of the molecule is CCOC(=O)C1=C(C(=O)OCC)SC(=C2C(=S)C(C)(C)N(C(=O)C(F)(F)F)c3ccc(OCC)cc32)S1. The molecule has 2 aliphatic heterocycles. The maximum absolute atomic E-state index is 13.6. The second-order valence-electron chi connectivity index (χ2n) is 8.10. The van der Waals surface area contributed by atoms with E-state index in [1.54, 1.807) is 20.8 Å². The summed E-state index contributed by atoms with van der Waals surface area (Å²) in [5, 5.41) is 0. The largest absolute Gasteiger partial charge is 0.494 e. The Morgan fingerprint density at radius 3 is 1.97 bits per heavy atom. The van der Waals surface area contributed by atoms with E-state index in [4.69, 9.17) is 26.4 Å². The fraction of sp³-hybridized carbons (Fsp3) is 0.417. The fourth-order valence-electron chi connectivity index (χ4n) is 3.75. The molecule has 1 aromatic rings. The average molecular weight is 576 g/mol. The minimum Gasteiger partial charge on any atom is -0.494 e. The number of benzene rings is 1. The van der Waals surface area contributed by atoms with E-state index in [0.717, 1.165) is 23.5 Å². The molecule has 0 spiro atoms. The highest BCUT2D eigenvalue weighted by atomic mass is 32.2. The van der Waals surface area contributed by atoms with Crippen molar-refractivity contribution in [1.82, 2.24) is 0 Å². The summed E-state index contributed by atoms with van der Waals surface area (Å²) in [5.41, 5.74) is -1.09. The topological polar surface area (TPSA) is 82.1 Å². The normalized spacial score (nSPS) is 17.1. The molecule has 1 aromatic carbocycles. The quantitative estimate of drug-likeness (QED) is 0.244. The van der Waals surface area contributed by atoms with Crippen LogP contribution in [0.25, 0.3) is 5.57 Å². The molecule has 7 nitrogen and oxygen atoms in total. The summed E-state index contributed by atoms with van der Waals surface area (Å²) in [7, 11) is 0. The molecule has 0 aromatic heterocycles. The van der Waals surface area contributed by atoms with Crippen molar-refractivity contribution in [2.45, 2.75) is 46.3 Å². The Balaban J connectivity index is 2.27. The Morgan fingerprint density at radius 1 is 0.973 bits per heavy atom. The van der Waals surface area contributed by atoms with Gasteiger partial charge in [-0.3, -0.25) is 9.69 Å². The van der Waals surface area contributed by atoms with Crippen LogP contribution >= 0.6 is 35.7 Å². The van der Waals surface area contributed by atoms with Gasteiger partial charge >= 0.3 is 24.0 Å². The molecule has 0 fully saturated rings. The Morgan fingerprint density at radius 2 is 1.51 bits per heavy atom. The van der Waals surface area contributed by atoms with Gasteiger partial charge in [0.25, 0.3) is 0 Å². The number of esters is 2. The number of anilines is 1. The Labute approximate surface area is 225 Å². The van der Waals surface area contributed by atoms with E-state index in [0.29, 0.717) is 20.5 Å². The van der Waals surface area contributed by atoms with Gasteiger partial charge in [0.1, 0.15) is 15.6 Å². The zero-order valence-electron chi connectivity index (χ0n) is 20.6. The number of rotatable bonds is 6. The number of nitrogens with zero attached hydrogens (tertiary/aromatic N) is 1. The third kappa shape index (κ3) is 5.53. The number of carbonyl (C=O) groups excluding carboxylic acids is 3. The number of hydrogen-bond donors (Lipinski definition) is 0. The summed E-state index contributed by atoms with van der Waals surface area (Å²) in [6.45, 7) is 8.22. The number of alkyl halides is 3. The van der Waals surface area contributed by atoms with Gasteiger partial charge in [0.15, 0.2) is 0 Å². The van der Waals surface area contributed by atoms with Crippen molar-refractivity contribution in [3.63, 3.8) is 0 Å². The van der Waals surface area contributed by atoms with Gasteiger partial charge in [-0.15, -0.1) is 0 Å². The first-order valence-corrected chi connectivity index (χ1v) is 13.2. The van der Waals surface area contributed by atoms with Crippen LogP contribution in [0.2, 0.25) is 0 Å². The third-order valence-electron chi connectivity index (χ3n) is 5.30. The molecule has 0 saturated carbocycles. The zero-order chi connectivity index (χ0) is 27.7. The second kappa shape index (κ2) is 11.1. The summed E-state index contributed by atoms with van der Waals surface area (Å²) in [4.78, 5) is 38.5. The zero-order valence-corrected chi connectivity index (χ0v) is 23.1. The minimum absolute atomic E-state index is 0.00952. The molecule has 13 heteroatoms. The van der Waals surface area contributed by atoms with Crippen LogP contribution in [0.3, 0.4) is 0 Å². The number of ether oxygens (including phenoxy) is 3. The number of amides is 1. The van der Waals surface area contributed by atoms with E-state index in [9.17, 15) is 27.6 Å². The number of thiocarbonyl (C=S) groups is 1. The van der Waals surface area contributed by atoms with Gasteiger partial charge < -0.3 is 14.2 Å². The number of thioether (sulfide) groups is 2. The van der Waals surface area contributed by atoms with Crippen LogP contribution in [0.4, 0.5) is 18.9 Å². The molecule has 2 heterocycles. The highest BCUT2D eigenvalue weighted by molar-refractivity contribution is 8.29. The summed E-state index contributed by atoms with van der Waals surface area (Å²) < 4.78 is 57.0. The molecule has 0 aliphatic carbocycles. The molecule has 200 valence electrons. The van der Waals surface area contributed by atoms with Gasteiger partial charge in [-0.2, -0.15) is 13.2 Å². The molecule has 0 saturated heterocycles. The van der Waals surface area contributed by atoms with Crippen LogP contribution in [-0.4, -0.2) is 54.2 Å². The molecule has 2 aliphatic rings. The fourth-order valence-corrected chi connectivity index (χ4v) is 6.74. The molecular weight excluding hydrogens is 551 g/mol. The Bertz CT molecular complexity index is 1190. The summed E-state index contributed by atoms with van der Waals surface area (Å²) in [5.74, 6) is -3.20. The molecule has 0 bridgehead atoms. The van der Waals surface area contributed by atoms with E-state index in [1.807, 2.05) is 0 Å². The van der Waals surface area contributed by atoms with Gasteiger partial charge in [0.05, 0.1) is 40.1 Å². The molecule has 0 atom stereocenters. The first-order valence-electron chi connectivity index (χ1n) is 11.2. The van der Waals surface area contributed by atoms with Crippen molar-refractivity contribution in [3.05, 3.63) is 37.8 Å². The second-order valence-corrected chi connectivity index (χ2v) is 10.8. The first-order chi connectivity index (χ1) is 17.3. The Hall–Kier alpha value is -2.51. The van der Waals surface area contributed by atoms with Crippen LogP contribution in [0.5, 0.6) is 5.75 Å². The van der Waals surface area contributed by atoms with Crippen molar-refractivity contribution >= 4 is 69.7 Å². The Kier molecular flexibility index (Phi) is 8.70. The first kappa shape index (κ1) is 29.1. The van der Waals surface area contributed by atoms with Crippen molar-refractivity contribution < 1.29 is 41.8 Å². The molecule has 1 amide bonds. The van der Waals surface area contributed by atoms with Gasteiger partial charge in [-0.1, -0.05) is 35.7 Å². The maximum atomic E-state index is 13.6. The van der Waals surface area contributed by atoms with Crippen molar-refractivity contribution in [2.24, 2.45) is 0 Å². The lowest BCUT2D eigenvalue weighted by atomic mass is 9.83. The molecular formula is C24H24F3NO6S3. The van der Waals surface area contributed by atoms with Gasteiger partial charge in [0.2, 0.25) is 0 Å². The minimum atomic E-state index is -5.15. The highest BCUT2D eigenvalue weighted by Gasteiger charge is 2.53. The van der Waals surface area contributed by atoms with Crippen molar-refractivity contribution in [2.75, 3.05) is 24.7 Å². The van der Waals surface area contributed by atoms with E-state index >= 15 is 0 Å². The van der Waals surface area contributed by atoms with Crippen LogP contribution < -0.4 is 9.64 Å². The molecule has 0 N–H and O–H groups in total. The maximum Gasteiger partial charge on any atom is 0.471 e. The molecule has 3 rings (SSSR count). The van der Waals surface area contributed by atoms with E-state index < -0.39 is 29.6 Å². The van der Waals surface area contributed by atoms with Gasteiger partial charge in [0, 0.05) is 11.1 Å².